The molecule has 1 amide bonds. The highest BCUT2D eigenvalue weighted by atomic mass is 19.1. The molecule has 1 fully saturated rings. The second-order valence-corrected chi connectivity index (χ2v) is 6.42. The summed E-state index contributed by atoms with van der Waals surface area (Å²) in [5.74, 6) is -0.564. The van der Waals surface area contributed by atoms with Gasteiger partial charge in [0, 0.05) is 11.8 Å². The van der Waals surface area contributed by atoms with E-state index in [1.807, 2.05) is 0 Å². The minimum absolute atomic E-state index is 0.254. The van der Waals surface area contributed by atoms with Crippen LogP contribution in [0.1, 0.15) is 29.0 Å². The number of rotatable bonds is 4. The summed E-state index contributed by atoms with van der Waals surface area (Å²) in [6.07, 6.45) is -2.27. The van der Waals surface area contributed by atoms with Gasteiger partial charge in [-0.3, -0.25) is 4.79 Å². The van der Waals surface area contributed by atoms with E-state index in [-0.39, 0.29) is 11.4 Å². The molecule has 3 rings (SSSR count). The summed E-state index contributed by atoms with van der Waals surface area (Å²) in [5, 5.41) is 23.4. The van der Waals surface area contributed by atoms with Crippen molar-refractivity contribution in [2.45, 2.75) is 44.1 Å². The van der Waals surface area contributed by atoms with Crippen LogP contribution in [0.4, 0.5) is 4.39 Å². The second kappa shape index (κ2) is 7.80. The number of carbonyl (C=O) groups is 1. The number of ether oxygens (including phenoxy) is 1. The number of aromatic nitrogens is 1. The molecular formula is C19H21FN2O4. The molecule has 0 unspecified atom stereocenters. The Morgan fingerprint density at radius 2 is 1.96 bits per heavy atom. The Labute approximate surface area is 150 Å². The molecule has 6 nitrogen and oxygen atoms in total. The first-order chi connectivity index (χ1) is 12.4. The average molecular weight is 360 g/mol. The quantitative estimate of drug-likeness (QED) is 0.770. The van der Waals surface area contributed by atoms with Gasteiger partial charge in [-0.1, -0.05) is 12.1 Å². The van der Waals surface area contributed by atoms with Crippen LogP contribution in [0, 0.1) is 12.7 Å². The van der Waals surface area contributed by atoms with Gasteiger partial charge >= 0.3 is 0 Å². The van der Waals surface area contributed by atoms with E-state index in [1.54, 1.807) is 31.2 Å². The van der Waals surface area contributed by atoms with Crippen LogP contribution in [0.15, 0.2) is 42.5 Å². The fourth-order valence-electron chi connectivity index (χ4n) is 3.06. The van der Waals surface area contributed by atoms with Gasteiger partial charge in [0.1, 0.15) is 35.6 Å². The van der Waals surface area contributed by atoms with Crippen molar-refractivity contribution in [3.8, 4) is 5.75 Å². The molecule has 1 aromatic carbocycles. The molecule has 2 aromatic rings. The van der Waals surface area contributed by atoms with Crippen LogP contribution >= 0.6 is 0 Å². The smallest absolute Gasteiger partial charge is 0.270 e. The molecular weight excluding hydrogens is 339 g/mol. The number of aryl methyl sites for hydroxylation is 1. The van der Waals surface area contributed by atoms with Crippen molar-refractivity contribution in [2.24, 2.45) is 0 Å². The zero-order valence-electron chi connectivity index (χ0n) is 14.3. The third-order valence-electron chi connectivity index (χ3n) is 4.43. The molecule has 1 aromatic heterocycles. The lowest BCUT2D eigenvalue weighted by Crippen LogP contribution is -2.57. The number of halogens is 1. The van der Waals surface area contributed by atoms with Crippen molar-refractivity contribution in [1.82, 2.24) is 10.3 Å². The molecule has 4 atom stereocenters. The van der Waals surface area contributed by atoms with Crippen molar-refractivity contribution in [2.75, 3.05) is 0 Å². The van der Waals surface area contributed by atoms with E-state index >= 15 is 0 Å². The maximum Gasteiger partial charge on any atom is 0.270 e. The molecule has 0 radical (unpaired) electrons. The number of hydrogen-bond acceptors (Lipinski definition) is 5. The van der Waals surface area contributed by atoms with Gasteiger partial charge in [-0.05, 0) is 44.0 Å². The zero-order chi connectivity index (χ0) is 18.7. The van der Waals surface area contributed by atoms with E-state index in [4.69, 9.17) is 4.74 Å². The van der Waals surface area contributed by atoms with Gasteiger partial charge in [0.25, 0.3) is 5.91 Å². The summed E-state index contributed by atoms with van der Waals surface area (Å²) in [5.41, 5.74) is 0.968. The Balaban J connectivity index is 1.62. The van der Waals surface area contributed by atoms with E-state index < -0.39 is 36.1 Å². The summed E-state index contributed by atoms with van der Waals surface area (Å²) in [6, 6.07) is 10.1. The first-order valence-corrected chi connectivity index (χ1v) is 8.47. The lowest BCUT2D eigenvalue weighted by atomic mass is 9.87. The molecule has 1 heterocycles. The Morgan fingerprint density at radius 3 is 2.69 bits per heavy atom. The summed E-state index contributed by atoms with van der Waals surface area (Å²) in [6.45, 7) is 1.78. The van der Waals surface area contributed by atoms with Crippen molar-refractivity contribution in [1.29, 1.82) is 0 Å². The molecule has 7 heteroatoms. The third-order valence-corrected chi connectivity index (χ3v) is 4.43. The lowest BCUT2D eigenvalue weighted by Gasteiger charge is -2.37. The fourth-order valence-corrected chi connectivity index (χ4v) is 3.06. The van der Waals surface area contributed by atoms with E-state index in [9.17, 15) is 19.4 Å². The maximum atomic E-state index is 13.2. The van der Waals surface area contributed by atoms with Crippen LogP contribution in [0.3, 0.4) is 0 Å². The zero-order valence-corrected chi connectivity index (χ0v) is 14.3. The van der Waals surface area contributed by atoms with E-state index in [1.165, 1.54) is 18.2 Å². The highest BCUT2D eigenvalue weighted by Crippen LogP contribution is 2.25. The Bertz CT molecular complexity index is 786. The molecule has 0 spiro atoms. The van der Waals surface area contributed by atoms with Crippen molar-refractivity contribution in [3.05, 3.63) is 59.7 Å². The summed E-state index contributed by atoms with van der Waals surface area (Å²) in [4.78, 5) is 16.4. The lowest BCUT2D eigenvalue weighted by molar-refractivity contribution is -0.0875. The summed E-state index contributed by atoms with van der Waals surface area (Å²) >= 11 is 0. The SMILES string of the molecule is Cc1cccc(C(=O)N[C@@H]2CC[C@@H](Oc3cccc(F)c3)[C@@H](O)[C@@H]2O)n1. The predicted octanol–water partition coefficient (Wildman–Crippen LogP) is 1.59. The van der Waals surface area contributed by atoms with Crippen LogP contribution in [0.2, 0.25) is 0 Å². The number of carbonyl (C=O) groups excluding carboxylic acids is 1. The Hall–Kier alpha value is -2.51. The number of amides is 1. The van der Waals surface area contributed by atoms with Crippen LogP contribution in [0.5, 0.6) is 5.75 Å². The van der Waals surface area contributed by atoms with Gasteiger partial charge in [0.2, 0.25) is 0 Å². The standard InChI is InChI=1S/C19H21FN2O4/c1-11-4-2-7-15(21-11)19(25)22-14-8-9-16(18(24)17(14)23)26-13-6-3-5-12(20)10-13/h2-7,10,14,16-18,23-24H,8-9H2,1H3,(H,22,25)/t14-,16-,17-,18-/m1/s1. The van der Waals surface area contributed by atoms with E-state index in [0.29, 0.717) is 18.5 Å². The predicted molar refractivity (Wildman–Crippen MR) is 92.3 cm³/mol. The van der Waals surface area contributed by atoms with Gasteiger partial charge in [-0.25, -0.2) is 9.37 Å². The van der Waals surface area contributed by atoms with E-state index in [2.05, 4.69) is 10.3 Å². The summed E-state index contributed by atoms with van der Waals surface area (Å²) < 4.78 is 18.8. The van der Waals surface area contributed by atoms with Gasteiger partial charge in [-0.2, -0.15) is 0 Å². The number of nitrogens with one attached hydrogen (secondary N) is 1. The highest BCUT2D eigenvalue weighted by Gasteiger charge is 2.39. The monoisotopic (exact) mass is 360 g/mol. The number of hydrogen-bond donors (Lipinski definition) is 3. The molecule has 26 heavy (non-hydrogen) atoms. The molecule has 138 valence electrons. The number of nitrogens with zero attached hydrogens (tertiary/aromatic N) is 1. The number of pyridine rings is 1. The maximum absolute atomic E-state index is 13.2. The van der Waals surface area contributed by atoms with Crippen LogP contribution in [-0.4, -0.2) is 45.5 Å². The van der Waals surface area contributed by atoms with Crippen LogP contribution < -0.4 is 10.1 Å². The second-order valence-electron chi connectivity index (χ2n) is 6.42. The van der Waals surface area contributed by atoms with Crippen molar-refractivity contribution < 1.29 is 24.1 Å². The first kappa shape index (κ1) is 18.3. The van der Waals surface area contributed by atoms with Crippen molar-refractivity contribution in [3.63, 3.8) is 0 Å². The largest absolute Gasteiger partial charge is 0.488 e. The van der Waals surface area contributed by atoms with Gasteiger partial charge < -0.3 is 20.3 Å². The Morgan fingerprint density at radius 1 is 1.19 bits per heavy atom. The number of aliphatic hydroxyl groups excluding tert-OH is 2. The fraction of sp³-hybridized carbons (Fsp3) is 0.368. The molecule has 0 saturated heterocycles. The van der Waals surface area contributed by atoms with E-state index in [0.717, 1.165) is 0 Å². The number of aliphatic hydroxyl groups is 2. The minimum Gasteiger partial charge on any atom is -0.488 e. The van der Waals surface area contributed by atoms with Crippen LogP contribution in [-0.2, 0) is 0 Å². The van der Waals surface area contributed by atoms with Gasteiger partial charge in [0.15, 0.2) is 0 Å². The van der Waals surface area contributed by atoms with Crippen LogP contribution in [0.25, 0.3) is 0 Å². The van der Waals surface area contributed by atoms with Crippen molar-refractivity contribution >= 4 is 5.91 Å². The highest BCUT2D eigenvalue weighted by molar-refractivity contribution is 5.92. The van der Waals surface area contributed by atoms with Gasteiger partial charge in [-0.15, -0.1) is 0 Å². The summed E-state index contributed by atoms with van der Waals surface area (Å²) in [7, 11) is 0. The first-order valence-electron chi connectivity index (χ1n) is 8.47. The number of benzene rings is 1. The average Bonchev–Trinajstić information content (AvgIpc) is 2.61. The third kappa shape index (κ3) is 4.17. The van der Waals surface area contributed by atoms with Gasteiger partial charge in [0.05, 0.1) is 6.04 Å². The minimum atomic E-state index is -1.21. The molecule has 1 aliphatic rings. The Kier molecular flexibility index (Phi) is 5.49. The molecule has 1 saturated carbocycles. The molecule has 0 bridgehead atoms. The topological polar surface area (TPSA) is 91.7 Å². The normalized spacial score (nSPS) is 25.5. The molecule has 1 aliphatic carbocycles. The molecule has 3 N–H and O–H groups in total. The molecule has 0 aliphatic heterocycles.